The third-order valence-corrected chi connectivity index (χ3v) is 3.52. The lowest BCUT2D eigenvalue weighted by Gasteiger charge is -2.19. The third kappa shape index (κ3) is 4.30. The number of carbonyl (C=O) groups is 1. The second-order valence-electron chi connectivity index (χ2n) is 4.11. The Bertz CT molecular complexity index is 491. The van der Waals surface area contributed by atoms with Crippen LogP contribution < -0.4 is 0 Å². The summed E-state index contributed by atoms with van der Waals surface area (Å²) < 4.78 is 0. The number of non-ortho nitro benzene ring substituents is 1. The van der Waals surface area contributed by atoms with Crippen molar-refractivity contribution in [3.05, 3.63) is 39.4 Å². The molecule has 1 aromatic carbocycles. The Balaban J connectivity index is 2.84. The number of thioether (sulfide) groups is 1. The highest BCUT2D eigenvalue weighted by molar-refractivity contribution is 8.13. The van der Waals surface area contributed by atoms with Crippen LogP contribution in [0.25, 0.3) is 0 Å². The quantitative estimate of drug-likeness (QED) is 0.629. The Morgan fingerprint density at radius 1 is 1.47 bits per heavy atom. The predicted octanol–water partition coefficient (Wildman–Crippen LogP) is 1.58. The zero-order chi connectivity index (χ0) is 14.6. The minimum atomic E-state index is -1.17. The molecule has 2 N–H and O–H groups in total. The summed E-state index contributed by atoms with van der Waals surface area (Å²) in [6.07, 6.45) is -2.28. The van der Waals surface area contributed by atoms with Crippen molar-refractivity contribution in [3.63, 3.8) is 0 Å². The lowest BCUT2D eigenvalue weighted by atomic mass is 9.99. The van der Waals surface area contributed by atoms with E-state index in [2.05, 4.69) is 0 Å². The molecule has 2 atom stereocenters. The smallest absolute Gasteiger partial charge is 0.269 e. The molecule has 1 rings (SSSR count). The van der Waals surface area contributed by atoms with Crippen molar-refractivity contribution < 1.29 is 19.9 Å². The summed E-state index contributed by atoms with van der Waals surface area (Å²) in [6, 6.07) is 4.03. The van der Waals surface area contributed by atoms with E-state index in [1.165, 1.54) is 25.1 Å². The Hall–Kier alpha value is -1.44. The molecule has 0 heterocycles. The summed E-state index contributed by atoms with van der Waals surface area (Å²) in [5.41, 5.74) is 0.872. The maximum atomic E-state index is 10.8. The lowest BCUT2D eigenvalue weighted by molar-refractivity contribution is -0.384. The van der Waals surface area contributed by atoms with E-state index in [1.54, 1.807) is 6.92 Å². The average Bonchev–Trinajstić information content (AvgIpc) is 2.34. The Kier molecular flexibility index (Phi) is 5.46. The Morgan fingerprint density at radius 2 is 2.11 bits per heavy atom. The zero-order valence-corrected chi connectivity index (χ0v) is 11.4. The molecule has 0 amide bonds. The molecule has 0 aliphatic rings. The van der Waals surface area contributed by atoms with Gasteiger partial charge < -0.3 is 10.2 Å². The zero-order valence-electron chi connectivity index (χ0n) is 10.6. The van der Waals surface area contributed by atoms with E-state index in [1.807, 2.05) is 0 Å². The number of aliphatic hydroxyl groups is 2. The average molecular weight is 285 g/mol. The molecule has 0 radical (unpaired) electrons. The van der Waals surface area contributed by atoms with Crippen LogP contribution in [0, 0.1) is 17.0 Å². The van der Waals surface area contributed by atoms with Crippen LogP contribution in [-0.2, 0) is 4.79 Å². The lowest BCUT2D eigenvalue weighted by Crippen LogP contribution is -2.22. The molecular weight excluding hydrogens is 270 g/mol. The van der Waals surface area contributed by atoms with Crippen LogP contribution >= 0.6 is 11.8 Å². The molecule has 0 aromatic heterocycles. The molecule has 0 spiro atoms. The van der Waals surface area contributed by atoms with E-state index in [0.29, 0.717) is 11.1 Å². The molecule has 6 nitrogen and oxygen atoms in total. The van der Waals surface area contributed by atoms with Gasteiger partial charge in [0.25, 0.3) is 5.69 Å². The predicted molar refractivity (Wildman–Crippen MR) is 71.9 cm³/mol. The molecule has 0 saturated carbocycles. The molecule has 0 aliphatic carbocycles. The summed E-state index contributed by atoms with van der Waals surface area (Å²) in [4.78, 5) is 20.9. The van der Waals surface area contributed by atoms with Gasteiger partial charge in [-0.1, -0.05) is 11.8 Å². The number of hydrogen-bond acceptors (Lipinski definition) is 6. The standard InChI is InChI=1S/C12H15NO5S/c1-7-5-9(13(17)18)3-4-10(7)12(16)11(15)6-19-8(2)14/h3-5,11-12,15-16H,6H2,1-2H3. The summed E-state index contributed by atoms with van der Waals surface area (Å²) in [6.45, 7) is 3.00. The van der Waals surface area contributed by atoms with Crippen LogP contribution in [0.3, 0.4) is 0 Å². The number of rotatable bonds is 5. The van der Waals surface area contributed by atoms with Crippen molar-refractivity contribution in [1.82, 2.24) is 0 Å². The summed E-state index contributed by atoms with van der Waals surface area (Å²) >= 11 is 0.919. The van der Waals surface area contributed by atoms with E-state index in [4.69, 9.17) is 0 Å². The highest BCUT2D eigenvalue weighted by Gasteiger charge is 2.22. The maximum Gasteiger partial charge on any atom is 0.269 e. The number of nitro groups is 1. The summed E-state index contributed by atoms with van der Waals surface area (Å²) in [5, 5.41) is 30.2. The SMILES string of the molecule is CC(=O)SCC(O)C(O)c1ccc([N+](=O)[O-])cc1C. The van der Waals surface area contributed by atoms with Gasteiger partial charge in [0.1, 0.15) is 6.10 Å². The number of carbonyl (C=O) groups excluding carboxylic acids is 1. The normalized spacial score (nSPS) is 13.9. The molecule has 19 heavy (non-hydrogen) atoms. The van der Waals surface area contributed by atoms with Crippen molar-refractivity contribution in [2.45, 2.75) is 26.1 Å². The van der Waals surface area contributed by atoms with Gasteiger partial charge in [-0.3, -0.25) is 14.9 Å². The molecule has 0 aliphatic heterocycles. The Labute approximate surface area is 114 Å². The third-order valence-electron chi connectivity index (χ3n) is 2.60. The van der Waals surface area contributed by atoms with Crippen molar-refractivity contribution in [1.29, 1.82) is 0 Å². The molecule has 7 heteroatoms. The van der Waals surface area contributed by atoms with E-state index >= 15 is 0 Å². The first-order valence-electron chi connectivity index (χ1n) is 5.57. The summed E-state index contributed by atoms with van der Waals surface area (Å²) in [7, 11) is 0. The first-order chi connectivity index (χ1) is 8.82. The van der Waals surface area contributed by atoms with Crippen LogP contribution in [0.1, 0.15) is 24.2 Å². The van der Waals surface area contributed by atoms with Gasteiger partial charge in [-0.05, 0) is 24.1 Å². The van der Waals surface area contributed by atoms with Gasteiger partial charge in [-0.25, -0.2) is 0 Å². The monoisotopic (exact) mass is 285 g/mol. The van der Waals surface area contributed by atoms with Crippen LogP contribution in [0.4, 0.5) is 5.69 Å². The largest absolute Gasteiger partial charge is 0.389 e. The van der Waals surface area contributed by atoms with Gasteiger partial charge in [0, 0.05) is 24.8 Å². The second-order valence-corrected chi connectivity index (χ2v) is 5.31. The molecule has 0 fully saturated rings. The van der Waals surface area contributed by atoms with Crippen LogP contribution in [-0.4, -0.2) is 32.1 Å². The van der Waals surface area contributed by atoms with Gasteiger partial charge in [-0.15, -0.1) is 0 Å². The molecule has 2 unspecified atom stereocenters. The number of aryl methyl sites for hydroxylation is 1. The van der Waals surface area contributed by atoms with Gasteiger partial charge >= 0.3 is 0 Å². The molecule has 1 aromatic rings. The van der Waals surface area contributed by atoms with Crippen molar-refractivity contribution in [2.75, 3.05) is 5.75 Å². The summed E-state index contributed by atoms with van der Waals surface area (Å²) in [5.74, 6) is 0.0763. The molecule has 0 saturated heterocycles. The second kappa shape index (κ2) is 6.65. The van der Waals surface area contributed by atoms with Crippen LogP contribution in [0.15, 0.2) is 18.2 Å². The fourth-order valence-corrected chi connectivity index (χ4v) is 2.19. The highest BCUT2D eigenvalue weighted by Crippen LogP contribution is 2.26. The fourth-order valence-electron chi connectivity index (χ4n) is 1.61. The molecule has 104 valence electrons. The minimum Gasteiger partial charge on any atom is -0.389 e. The number of nitro benzene ring substituents is 1. The Morgan fingerprint density at radius 3 is 2.58 bits per heavy atom. The van der Waals surface area contributed by atoms with Gasteiger partial charge in [-0.2, -0.15) is 0 Å². The first-order valence-corrected chi connectivity index (χ1v) is 6.56. The number of nitrogens with zero attached hydrogens (tertiary/aromatic N) is 1. The van der Waals surface area contributed by atoms with E-state index in [-0.39, 0.29) is 16.6 Å². The minimum absolute atomic E-state index is 0.0685. The van der Waals surface area contributed by atoms with Crippen molar-refractivity contribution in [3.8, 4) is 0 Å². The van der Waals surface area contributed by atoms with E-state index < -0.39 is 17.1 Å². The van der Waals surface area contributed by atoms with Gasteiger partial charge in [0.05, 0.1) is 11.0 Å². The molecule has 0 bridgehead atoms. The number of aliphatic hydroxyl groups excluding tert-OH is 2. The van der Waals surface area contributed by atoms with E-state index in [9.17, 15) is 25.1 Å². The number of hydrogen-bond donors (Lipinski definition) is 2. The van der Waals surface area contributed by atoms with Crippen molar-refractivity contribution in [2.24, 2.45) is 0 Å². The van der Waals surface area contributed by atoms with Gasteiger partial charge in [0.2, 0.25) is 0 Å². The highest BCUT2D eigenvalue weighted by atomic mass is 32.2. The van der Waals surface area contributed by atoms with Crippen molar-refractivity contribution >= 4 is 22.6 Å². The van der Waals surface area contributed by atoms with Crippen LogP contribution in [0.5, 0.6) is 0 Å². The number of benzene rings is 1. The fraction of sp³-hybridized carbons (Fsp3) is 0.417. The topological polar surface area (TPSA) is 101 Å². The maximum absolute atomic E-state index is 10.8. The van der Waals surface area contributed by atoms with E-state index in [0.717, 1.165) is 11.8 Å². The van der Waals surface area contributed by atoms with Crippen LogP contribution in [0.2, 0.25) is 0 Å². The first kappa shape index (κ1) is 15.6. The molecular formula is C12H15NO5S. The van der Waals surface area contributed by atoms with Gasteiger partial charge in [0.15, 0.2) is 5.12 Å².